The van der Waals surface area contributed by atoms with Crippen molar-refractivity contribution in [1.29, 1.82) is 0 Å². The van der Waals surface area contributed by atoms with Crippen molar-refractivity contribution < 1.29 is 0 Å². The molecule has 0 bridgehead atoms. The molecule has 0 spiro atoms. The van der Waals surface area contributed by atoms with E-state index in [0.29, 0.717) is 0 Å². The Labute approximate surface area is 105 Å². The third-order valence-electron chi connectivity index (χ3n) is 2.69. The van der Waals surface area contributed by atoms with E-state index in [4.69, 9.17) is 0 Å². The van der Waals surface area contributed by atoms with Gasteiger partial charge < -0.3 is 0 Å². The second-order valence-electron chi connectivity index (χ2n) is 4.16. The second-order valence-corrected chi connectivity index (χ2v) is 12.2. The normalized spacial score (nSPS) is 27.5. The summed E-state index contributed by atoms with van der Waals surface area (Å²) in [4.78, 5) is 0. The predicted octanol–water partition coefficient (Wildman–Crippen LogP) is 4.59. The molecule has 1 saturated carbocycles. The van der Waals surface area contributed by atoms with Gasteiger partial charge in [-0.25, -0.2) is 0 Å². The number of hydrogen-bond donors (Lipinski definition) is 0. The SMILES string of the molecule is CC1C[CH]C(C(C)C)CC1.[Br][Mg][Br]. The number of halogens is 2. The fraction of sp³-hybridized carbons (Fsp3) is 0.900. The van der Waals surface area contributed by atoms with Crippen molar-refractivity contribution in [2.24, 2.45) is 17.8 Å². The molecule has 0 aromatic rings. The summed E-state index contributed by atoms with van der Waals surface area (Å²) in [5.74, 6) is 2.73. The molecule has 2 atom stereocenters. The molecule has 0 aromatic carbocycles. The van der Waals surface area contributed by atoms with E-state index in [1.807, 2.05) is 0 Å². The molecule has 0 saturated heterocycles. The van der Waals surface area contributed by atoms with Gasteiger partial charge in [-0.2, -0.15) is 0 Å². The molecule has 1 aliphatic carbocycles. The van der Waals surface area contributed by atoms with Crippen molar-refractivity contribution >= 4 is 41.8 Å². The summed E-state index contributed by atoms with van der Waals surface area (Å²) >= 11 is 6.44. The molecule has 0 amide bonds. The third kappa shape index (κ3) is 7.63. The molecule has 3 heteroatoms. The molecule has 2 unspecified atom stereocenters. The lowest BCUT2D eigenvalue weighted by atomic mass is 9.78. The summed E-state index contributed by atoms with van der Waals surface area (Å²) in [5, 5.41) is 0. The average molecular weight is 323 g/mol. The Morgan fingerprint density at radius 1 is 1.31 bits per heavy atom. The van der Waals surface area contributed by atoms with Gasteiger partial charge >= 0.3 is 16.0 Å². The van der Waals surface area contributed by atoms with E-state index in [2.05, 4.69) is 53.0 Å². The topological polar surface area (TPSA) is 0 Å². The van der Waals surface area contributed by atoms with Crippen LogP contribution in [0.15, 0.2) is 0 Å². The summed E-state index contributed by atoms with van der Waals surface area (Å²) in [5.41, 5.74) is 0. The quantitative estimate of drug-likeness (QED) is 0.619. The van der Waals surface area contributed by atoms with Crippen LogP contribution >= 0.6 is 25.8 Å². The van der Waals surface area contributed by atoms with Crippen molar-refractivity contribution in [1.82, 2.24) is 0 Å². The minimum Gasteiger partial charge on any atom is -0.280 e. The Morgan fingerprint density at radius 2 is 1.85 bits per heavy atom. The van der Waals surface area contributed by atoms with Gasteiger partial charge in [0.1, 0.15) is 0 Å². The highest BCUT2D eigenvalue weighted by Gasteiger charge is 2.20. The molecule has 1 aliphatic rings. The first kappa shape index (κ1) is 14.7. The largest absolute Gasteiger partial charge is 0.560 e. The Hall–Kier alpha value is 1.73. The van der Waals surface area contributed by atoms with Gasteiger partial charge in [-0.15, -0.1) is 0 Å². The minimum absolute atomic E-state index is 0.0417. The molecule has 1 fully saturated rings. The van der Waals surface area contributed by atoms with Gasteiger partial charge in [-0.1, -0.05) is 27.2 Å². The number of hydrogen-bond acceptors (Lipinski definition) is 0. The summed E-state index contributed by atoms with van der Waals surface area (Å²) in [6.07, 6.45) is 6.75. The second kappa shape index (κ2) is 8.99. The van der Waals surface area contributed by atoms with E-state index < -0.39 is 0 Å². The monoisotopic (exact) mass is 321 g/mol. The maximum Gasteiger partial charge on any atom is 0.560 e. The van der Waals surface area contributed by atoms with Gasteiger partial charge in [0.25, 0.3) is 0 Å². The zero-order valence-electron chi connectivity index (χ0n) is 8.89. The lowest BCUT2D eigenvalue weighted by Gasteiger charge is -2.28. The molecule has 0 N–H and O–H groups in total. The Balaban J connectivity index is 0.000000424. The lowest BCUT2D eigenvalue weighted by Crippen LogP contribution is -2.17. The molecule has 1 rings (SSSR count). The van der Waals surface area contributed by atoms with Crippen molar-refractivity contribution in [2.45, 2.75) is 40.0 Å². The smallest absolute Gasteiger partial charge is 0.280 e. The van der Waals surface area contributed by atoms with Crippen molar-refractivity contribution in [3.8, 4) is 0 Å². The van der Waals surface area contributed by atoms with Crippen LogP contribution in [0.2, 0.25) is 0 Å². The molecule has 0 heterocycles. The van der Waals surface area contributed by atoms with Crippen molar-refractivity contribution in [2.75, 3.05) is 0 Å². The maximum absolute atomic E-state index is 3.20. The highest BCUT2D eigenvalue weighted by atomic mass is 79.9. The summed E-state index contributed by atoms with van der Waals surface area (Å²) < 4.78 is 0. The lowest BCUT2D eigenvalue weighted by molar-refractivity contribution is 0.302. The van der Waals surface area contributed by atoms with Crippen molar-refractivity contribution in [3.05, 3.63) is 6.42 Å². The summed E-state index contributed by atoms with van der Waals surface area (Å²) in [6, 6.07) is 0. The Morgan fingerprint density at radius 3 is 2.15 bits per heavy atom. The molecule has 13 heavy (non-hydrogen) atoms. The molecule has 0 nitrogen and oxygen atoms in total. The van der Waals surface area contributed by atoms with Crippen LogP contribution < -0.4 is 0 Å². The summed E-state index contributed by atoms with van der Waals surface area (Å²) in [6.45, 7) is 7.02. The highest BCUT2D eigenvalue weighted by Crippen LogP contribution is 2.31. The van der Waals surface area contributed by atoms with Gasteiger partial charge in [0, 0.05) is 0 Å². The first-order chi connectivity index (χ1) is 6.11. The van der Waals surface area contributed by atoms with Crippen LogP contribution in [0.3, 0.4) is 0 Å². The van der Waals surface area contributed by atoms with E-state index in [9.17, 15) is 0 Å². The van der Waals surface area contributed by atoms with Crippen LogP contribution in [0, 0.1) is 24.2 Å². The van der Waals surface area contributed by atoms with Crippen LogP contribution in [0.4, 0.5) is 0 Å². The first-order valence-corrected chi connectivity index (χ1v) is 12.9. The zero-order chi connectivity index (χ0) is 10.3. The molecular weight excluding hydrogens is 304 g/mol. The van der Waals surface area contributed by atoms with E-state index in [1.165, 1.54) is 19.3 Å². The van der Waals surface area contributed by atoms with E-state index in [0.717, 1.165) is 17.8 Å². The van der Waals surface area contributed by atoms with Gasteiger partial charge in [-0.3, -0.25) is 25.8 Å². The molecular formula is C10H19Br2Mg. The Bertz CT molecular complexity index is 109. The van der Waals surface area contributed by atoms with Crippen LogP contribution in [0.5, 0.6) is 0 Å². The van der Waals surface area contributed by atoms with Crippen LogP contribution in [0.25, 0.3) is 0 Å². The van der Waals surface area contributed by atoms with E-state index >= 15 is 0 Å². The van der Waals surface area contributed by atoms with Gasteiger partial charge in [-0.05, 0) is 37.0 Å². The molecule has 0 aromatic heterocycles. The Kier molecular flexibility index (Phi) is 10.2. The third-order valence-corrected chi connectivity index (χ3v) is 2.69. The maximum atomic E-state index is 3.20. The van der Waals surface area contributed by atoms with E-state index in [-0.39, 0.29) is 16.0 Å². The highest BCUT2D eigenvalue weighted by molar-refractivity contribution is 9.47. The first-order valence-electron chi connectivity index (χ1n) is 5.07. The van der Waals surface area contributed by atoms with Crippen molar-refractivity contribution in [3.63, 3.8) is 0 Å². The fourth-order valence-electron chi connectivity index (χ4n) is 1.73. The minimum atomic E-state index is 0.0417. The molecule has 1 radical (unpaired) electrons. The fourth-order valence-corrected chi connectivity index (χ4v) is 1.73. The van der Waals surface area contributed by atoms with Gasteiger partial charge in [0.15, 0.2) is 0 Å². The number of rotatable bonds is 1. The predicted molar refractivity (Wildman–Crippen MR) is 69.3 cm³/mol. The van der Waals surface area contributed by atoms with Crippen LogP contribution in [-0.2, 0) is 0 Å². The standard InChI is InChI=1S/C10H19.2BrH.Mg/c1-8(2)10-6-4-9(3)5-7-10;;;/h6,8-10H,4-5,7H2,1-3H3;2*1H;/q;;;+2/p-2. The van der Waals surface area contributed by atoms with Crippen LogP contribution in [-0.4, -0.2) is 16.0 Å². The molecule has 75 valence electrons. The van der Waals surface area contributed by atoms with Gasteiger partial charge in [0.05, 0.1) is 0 Å². The zero-order valence-corrected chi connectivity index (χ0v) is 13.5. The van der Waals surface area contributed by atoms with Crippen LogP contribution in [0.1, 0.15) is 40.0 Å². The average Bonchev–Trinajstić information content (AvgIpc) is 2.06. The molecule has 0 aliphatic heterocycles. The van der Waals surface area contributed by atoms with E-state index in [1.54, 1.807) is 0 Å². The van der Waals surface area contributed by atoms with Gasteiger partial charge in [0.2, 0.25) is 0 Å². The summed E-state index contributed by atoms with van der Waals surface area (Å²) in [7, 11) is 0.